The van der Waals surface area contributed by atoms with Gasteiger partial charge in [-0.3, -0.25) is 10.7 Å². The van der Waals surface area contributed by atoms with Crippen LogP contribution in [-0.4, -0.2) is 12.4 Å². The Kier molecular flexibility index (Phi) is 0.638. The van der Waals surface area contributed by atoms with E-state index in [0.717, 1.165) is 0 Å². The minimum Gasteiger partial charge on any atom is -0.283 e. The van der Waals surface area contributed by atoms with Crippen LogP contribution in [0.1, 0.15) is 0 Å². The molecule has 0 fully saturated rings. The molecular formula is C4H5N2. The summed E-state index contributed by atoms with van der Waals surface area (Å²) in [7, 11) is 0. The average Bonchev–Trinajstić information content (AvgIpc) is 1.86. The van der Waals surface area contributed by atoms with Gasteiger partial charge in [0.1, 0.15) is 5.84 Å². The second-order valence-corrected chi connectivity index (χ2v) is 1.13. The molecule has 2 heteroatoms. The van der Waals surface area contributed by atoms with Crippen LogP contribution in [0.25, 0.3) is 0 Å². The summed E-state index contributed by atoms with van der Waals surface area (Å²) in [5.41, 5.74) is 0. The Morgan fingerprint density at radius 1 is 1.83 bits per heavy atom. The molecule has 1 aliphatic heterocycles. The zero-order valence-corrected chi connectivity index (χ0v) is 3.31. The first-order chi connectivity index (χ1) is 2.89. The molecule has 1 rings (SSSR count). The van der Waals surface area contributed by atoms with Gasteiger partial charge >= 0.3 is 0 Å². The monoisotopic (exact) mass is 81.0 g/mol. The summed E-state index contributed by atoms with van der Waals surface area (Å²) in [6, 6.07) is 0. The molecule has 31 valence electrons. The first-order valence-corrected chi connectivity index (χ1v) is 1.82. The van der Waals surface area contributed by atoms with Crippen LogP contribution in [-0.2, 0) is 0 Å². The van der Waals surface area contributed by atoms with E-state index in [1.165, 1.54) is 0 Å². The van der Waals surface area contributed by atoms with Gasteiger partial charge in [-0.15, -0.1) is 0 Å². The topological polar surface area (TPSA) is 38.0 Å². The molecule has 0 saturated heterocycles. The molecule has 6 heavy (non-hydrogen) atoms. The van der Waals surface area contributed by atoms with E-state index in [1.54, 1.807) is 6.08 Å². The Labute approximate surface area is 36.4 Å². The first kappa shape index (κ1) is 3.40. The van der Waals surface area contributed by atoms with Crippen LogP contribution in [0.15, 0.2) is 12.2 Å². The summed E-state index contributed by atoms with van der Waals surface area (Å²) in [6.45, 7) is 0.707. The van der Waals surface area contributed by atoms with E-state index < -0.39 is 0 Å². The summed E-state index contributed by atoms with van der Waals surface area (Å²) in [5, 5.41) is 10.5. The van der Waals surface area contributed by atoms with E-state index in [0.29, 0.717) is 12.4 Å². The van der Waals surface area contributed by atoms with Crippen molar-refractivity contribution in [1.29, 1.82) is 5.41 Å². The van der Waals surface area contributed by atoms with Gasteiger partial charge in [0, 0.05) is 0 Å². The predicted octanol–water partition coefficient (Wildman–Crippen LogP) is 0.138. The second-order valence-electron chi connectivity index (χ2n) is 1.13. The Balaban J connectivity index is 2.59. The van der Waals surface area contributed by atoms with Gasteiger partial charge in [0.15, 0.2) is 0 Å². The first-order valence-electron chi connectivity index (χ1n) is 1.82. The summed E-state index contributed by atoms with van der Waals surface area (Å²) < 4.78 is 0. The van der Waals surface area contributed by atoms with Crippen LogP contribution < -0.4 is 5.32 Å². The molecule has 0 aromatic carbocycles. The van der Waals surface area contributed by atoms with Crippen molar-refractivity contribution in [3.05, 3.63) is 12.2 Å². The molecule has 0 spiro atoms. The van der Waals surface area contributed by atoms with Crippen molar-refractivity contribution in [2.24, 2.45) is 0 Å². The van der Waals surface area contributed by atoms with E-state index in [1.807, 2.05) is 6.08 Å². The van der Waals surface area contributed by atoms with E-state index in [-0.39, 0.29) is 0 Å². The largest absolute Gasteiger partial charge is 0.283 e. The molecular weight excluding hydrogens is 76.1 g/mol. The number of hydrogen-bond acceptors (Lipinski definition) is 1. The Hall–Kier alpha value is -0.790. The minimum absolute atomic E-state index is 0.398. The summed E-state index contributed by atoms with van der Waals surface area (Å²) >= 11 is 0. The van der Waals surface area contributed by atoms with Gasteiger partial charge < -0.3 is 0 Å². The second kappa shape index (κ2) is 1.12. The molecule has 1 aliphatic rings. The van der Waals surface area contributed by atoms with E-state index >= 15 is 0 Å². The minimum atomic E-state index is 0.398. The highest BCUT2D eigenvalue weighted by molar-refractivity contribution is 5.91. The highest BCUT2D eigenvalue weighted by Gasteiger charge is 1.93. The Morgan fingerprint density at radius 3 is 2.83 bits per heavy atom. The number of amidine groups is 1. The molecule has 0 atom stereocenters. The van der Waals surface area contributed by atoms with Crippen molar-refractivity contribution in [3.8, 4) is 0 Å². The fraction of sp³-hybridized carbons (Fsp3) is 0.250. The highest BCUT2D eigenvalue weighted by Crippen LogP contribution is 1.82. The molecule has 0 aromatic heterocycles. The molecule has 0 aliphatic carbocycles. The number of rotatable bonds is 0. The lowest BCUT2D eigenvalue weighted by atomic mass is 10.6. The van der Waals surface area contributed by atoms with E-state index in [9.17, 15) is 0 Å². The normalized spacial score (nSPS) is 18.3. The van der Waals surface area contributed by atoms with Crippen molar-refractivity contribution >= 4 is 5.84 Å². The van der Waals surface area contributed by atoms with Crippen LogP contribution in [0.3, 0.4) is 0 Å². The molecule has 1 N–H and O–H groups in total. The lowest BCUT2D eigenvalue weighted by molar-refractivity contribution is 1.05. The number of nitrogens with zero attached hydrogens (tertiary/aromatic N) is 1. The quantitative estimate of drug-likeness (QED) is 0.430. The van der Waals surface area contributed by atoms with Crippen LogP contribution in [0.5, 0.6) is 0 Å². The maximum atomic E-state index is 6.80. The molecule has 0 amide bonds. The van der Waals surface area contributed by atoms with Crippen molar-refractivity contribution in [2.45, 2.75) is 0 Å². The van der Waals surface area contributed by atoms with E-state index in [2.05, 4.69) is 5.32 Å². The van der Waals surface area contributed by atoms with Gasteiger partial charge in [-0.1, -0.05) is 6.08 Å². The fourth-order valence-corrected chi connectivity index (χ4v) is 0.368. The van der Waals surface area contributed by atoms with Gasteiger partial charge in [-0.05, 0) is 6.08 Å². The zero-order valence-electron chi connectivity index (χ0n) is 3.31. The standard InChI is InChI=1S/C4H5N2/c5-4-2-1-3-6-4/h1-2,5H,3H2. The zero-order chi connectivity index (χ0) is 4.41. The van der Waals surface area contributed by atoms with Gasteiger partial charge in [-0.2, -0.15) is 0 Å². The summed E-state index contributed by atoms with van der Waals surface area (Å²) in [6.07, 6.45) is 3.56. The highest BCUT2D eigenvalue weighted by atomic mass is 14.9. The van der Waals surface area contributed by atoms with Crippen LogP contribution in [0, 0.1) is 5.41 Å². The molecule has 0 aromatic rings. The lowest BCUT2D eigenvalue weighted by Gasteiger charge is -1.79. The smallest absolute Gasteiger partial charge is 0.139 e. The van der Waals surface area contributed by atoms with Crippen molar-refractivity contribution in [3.63, 3.8) is 0 Å². The third-order valence-corrected chi connectivity index (χ3v) is 0.643. The van der Waals surface area contributed by atoms with Crippen LogP contribution in [0.2, 0.25) is 0 Å². The average molecular weight is 81.1 g/mol. The summed E-state index contributed by atoms with van der Waals surface area (Å²) in [4.78, 5) is 0. The van der Waals surface area contributed by atoms with Gasteiger partial charge in [0.05, 0.1) is 6.54 Å². The molecule has 1 radical (unpaired) electrons. The van der Waals surface area contributed by atoms with Gasteiger partial charge in [0.25, 0.3) is 0 Å². The van der Waals surface area contributed by atoms with Crippen LogP contribution in [0.4, 0.5) is 0 Å². The Bertz CT molecular complexity index is 93.7. The molecule has 0 unspecified atom stereocenters. The number of nitrogens with one attached hydrogen (secondary N) is 1. The van der Waals surface area contributed by atoms with Crippen molar-refractivity contribution in [1.82, 2.24) is 5.32 Å². The van der Waals surface area contributed by atoms with Crippen molar-refractivity contribution in [2.75, 3.05) is 6.54 Å². The maximum Gasteiger partial charge on any atom is 0.139 e. The van der Waals surface area contributed by atoms with Gasteiger partial charge in [-0.25, -0.2) is 0 Å². The van der Waals surface area contributed by atoms with Crippen molar-refractivity contribution < 1.29 is 0 Å². The third-order valence-electron chi connectivity index (χ3n) is 0.643. The maximum absolute atomic E-state index is 6.80. The molecule has 2 nitrogen and oxygen atoms in total. The Morgan fingerprint density at radius 2 is 2.67 bits per heavy atom. The van der Waals surface area contributed by atoms with Gasteiger partial charge in [0.2, 0.25) is 0 Å². The lowest BCUT2D eigenvalue weighted by Crippen LogP contribution is -2.02. The predicted molar refractivity (Wildman–Crippen MR) is 23.9 cm³/mol. The molecule has 0 bridgehead atoms. The fourth-order valence-electron chi connectivity index (χ4n) is 0.368. The number of hydrogen-bond donors (Lipinski definition) is 1. The summed E-state index contributed by atoms with van der Waals surface area (Å²) in [5.74, 6) is 0.398. The SMILES string of the molecule is N=C1C=CC[N]1. The third kappa shape index (κ3) is 0.407. The molecule has 1 heterocycles. The van der Waals surface area contributed by atoms with E-state index in [4.69, 9.17) is 5.41 Å². The van der Waals surface area contributed by atoms with Crippen LogP contribution >= 0.6 is 0 Å². The molecule has 0 saturated carbocycles.